The Morgan fingerprint density at radius 2 is 2.00 bits per heavy atom. The molecule has 2 bridgehead atoms. The highest BCUT2D eigenvalue weighted by Gasteiger charge is 2.47. The van der Waals surface area contributed by atoms with Crippen molar-refractivity contribution < 1.29 is 18.7 Å². The lowest BCUT2D eigenvalue weighted by atomic mass is 9.94. The highest BCUT2D eigenvalue weighted by Crippen LogP contribution is 2.42. The fraction of sp³-hybridized carbons (Fsp3) is 0.607. The maximum Gasteiger partial charge on any atom is 0.410 e. The normalized spacial score (nSPS) is 27.0. The molecule has 0 N–H and O–H groups in total. The van der Waals surface area contributed by atoms with Gasteiger partial charge in [-0.2, -0.15) is 9.97 Å². The van der Waals surface area contributed by atoms with Crippen molar-refractivity contribution in [1.29, 1.82) is 0 Å². The van der Waals surface area contributed by atoms with E-state index in [2.05, 4.69) is 37.3 Å². The first-order chi connectivity index (χ1) is 18.4. The van der Waals surface area contributed by atoms with Gasteiger partial charge in [-0.15, -0.1) is 0 Å². The summed E-state index contributed by atoms with van der Waals surface area (Å²) in [5, 5.41) is 0.770. The fourth-order valence-corrected chi connectivity index (χ4v) is 7.27. The molecule has 4 saturated heterocycles. The van der Waals surface area contributed by atoms with E-state index >= 15 is 4.39 Å². The number of benzene rings is 1. The molecule has 0 spiro atoms. The zero-order valence-electron chi connectivity index (χ0n) is 22.6. The van der Waals surface area contributed by atoms with Crippen LogP contribution in [0.2, 0.25) is 5.02 Å². The minimum Gasteiger partial charge on any atom is -0.461 e. The standard InChI is InChI=1S/C28H34BrClFN5O3/c1-16-11-28(8-5-9-35(28)12-16)15-38-25-32-23-19(10-20(30)21(29)22(23)31)24(33-25)34-13-17-6-7-18(14-34)36(17)26(37)39-27(2,3)4/h10,17-18H,1,5-9,11-15H2,2-4H3/t17-,18+,28?. The number of carbonyl (C=O) groups excluding carboxylic acids is 1. The van der Waals surface area contributed by atoms with Crippen molar-refractivity contribution in [3.8, 4) is 6.01 Å². The summed E-state index contributed by atoms with van der Waals surface area (Å²) >= 11 is 9.65. The van der Waals surface area contributed by atoms with Crippen LogP contribution in [0.5, 0.6) is 6.01 Å². The average molecular weight is 623 g/mol. The second-order valence-electron chi connectivity index (χ2n) is 12.4. The van der Waals surface area contributed by atoms with Gasteiger partial charge in [0.25, 0.3) is 0 Å². The Labute approximate surface area is 241 Å². The third kappa shape index (κ3) is 4.86. The Morgan fingerprint density at radius 3 is 2.69 bits per heavy atom. The average Bonchev–Trinajstić information content (AvgIpc) is 3.47. The van der Waals surface area contributed by atoms with Crippen molar-refractivity contribution in [3.63, 3.8) is 0 Å². The highest BCUT2D eigenvalue weighted by molar-refractivity contribution is 9.10. The van der Waals surface area contributed by atoms with Crippen LogP contribution in [-0.2, 0) is 4.74 Å². The number of hydrogen-bond donors (Lipinski definition) is 0. The van der Waals surface area contributed by atoms with E-state index in [0.717, 1.165) is 45.2 Å². The number of ether oxygens (including phenoxy) is 2. The summed E-state index contributed by atoms with van der Waals surface area (Å²) in [6.45, 7) is 13.3. The monoisotopic (exact) mass is 621 g/mol. The van der Waals surface area contributed by atoms with Gasteiger partial charge in [0.15, 0.2) is 5.82 Å². The first kappa shape index (κ1) is 27.0. The van der Waals surface area contributed by atoms with E-state index in [1.165, 1.54) is 5.57 Å². The van der Waals surface area contributed by atoms with E-state index in [1.807, 2.05) is 25.7 Å². The molecular weight excluding hydrogens is 589 g/mol. The van der Waals surface area contributed by atoms with Crippen molar-refractivity contribution in [1.82, 2.24) is 19.8 Å². The Morgan fingerprint density at radius 1 is 1.28 bits per heavy atom. The van der Waals surface area contributed by atoms with Crippen LogP contribution in [0.4, 0.5) is 15.0 Å². The van der Waals surface area contributed by atoms with E-state index in [9.17, 15) is 4.79 Å². The molecule has 1 unspecified atom stereocenters. The first-order valence-corrected chi connectivity index (χ1v) is 14.8. The van der Waals surface area contributed by atoms with Gasteiger partial charge >= 0.3 is 12.1 Å². The maximum absolute atomic E-state index is 15.5. The molecule has 3 atom stereocenters. The summed E-state index contributed by atoms with van der Waals surface area (Å²) in [6, 6.07) is 1.79. The Hall–Kier alpha value is -2.17. The van der Waals surface area contributed by atoms with Gasteiger partial charge in [-0.1, -0.05) is 23.8 Å². The summed E-state index contributed by atoms with van der Waals surface area (Å²) < 4.78 is 27.6. The van der Waals surface area contributed by atoms with Crippen LogP contribution in [0.15, 0.2) is 22.7 Å². The van der Waals surface area contributed by atoms with Gasteiger partial charge in [0, 0.05) is 25.0 Å². The largest absolute Gasteiger partial charge is 0.461 e. The molecule has 6 rings (SSSR count). The molecule has 4 fully saturated rings. The Balaban J connectivity index is 1.32. The zero-order chi connectivity index (χ0) is 27.7. The van der Waals surface area contributed by atoms with Crippen LogP contribution in [0, 0.1) is 5.82 Å². The minimum atomic E-state index is -0.565. The molecule has 1 aromatic heterocycles. The van der Waals surface area contributed by atoms with Gasteiger partial charge in [0.05, 0.1) is 27.1 Å². The smallest absolute Gasteiger partial charge is 0.410 e. The molecule has 39 heavy (non-hydrogen) atoms. The first-order valence-electron chi connectivity index (χ1n) is 13.6. The van der Waals surface area contributed by atoms with Gasteiger partial charge in [0.2, 0.25) is 0 Å². The van der Waals surface area contributed by atoms with E-state index in [1.54, 1.807) is 6.07 Å². The minimum absolute atomic E-state index is 0.0285. The van der Waals surface area contributed by atoms with Gasteiger partial charge in [-0.05, 0) is 81.4 Å². The van der Waals surface area contributed by atoms with Gasteiger partial charge in [-0.25, -0.2) is 9.18 Å². The number of hydrogen-bond acceptors (Lipinski definition) is 7. The number of fused-ring (bicyclic) bond motifs is 4. The fourth-order valence-electron chi connectivity index (χ4n) is 6.78. The molecule has 1 aromatic carbocycles. The highest BCUT2D eigenvalue weighted by atomic mass is 79.9. The molecule has 2 aromatic rings. The predicted octanol–water partition coefficient (Wildman–Crippen LogP) is 5.95. The van der Waals surface area contributed by atoms with Crippen LogP contribution in [0.3, 0.4) is 0 Å². The third-order valence-electron chi connectivity index (χ3n) is 8.38. The van der Waals surface area contributed by atoms with E-state index in [4.69, 9.17) is 26.1 Å². The van der Waals surface area contributed by atoms with Crippen LogP contribution in [0.25, 0.3) is 10.9 Å². The number of nitrogens with zero attached hydrogens (tertiary/aromatic N) is 5. The van der Waals surface area contributed by atoms with Gasteiger partial charge < -0.3 is 14.4 Å². The van der Waals surface area contributed by atoms with Gasteiger partial charge in [-0.3, -0.25) is 9.80 Å². The molecule has 210 valence electrons. The molecule has 11 heteroatoms. The molecule has 4 aliphatic rings. The Bertz CT molecular complexity index is 1340. The van der Waals surface area contributed by atoms with E-state index < -0.39 is 11.4 Å². The summed E-state index contributed by atoms with van der Waals surface area (Å²) in [5.74, 6) is 0.0249. The summed E-state index contributed by atoms with van der Waals surface area (Å²) in [6.07, 6.45) is 4.48. The lowest BCUT2D eigenvalue weighted by Gasteiger charge is -2.42. The Kier molecular flexibility index (Phi) is 6.74. The molecule has 0 radical (unpaired) electrons. The van der Waals surface area contributed by atoms with E-state index in [-0.39, 0.29) is 44.7 Å². The van der Waals surface area contributed by atoms with Crippen molar-refractivity contribution in [2.75, 3.05) is 37.7 Å². The molecule has 0 aliphatic carbocycles. The summed E-state index contributed by atoms with van der Waals surface area (Å²) in [5.41, 5.74) is 0.698. The van der Waals surface area contributed by atoms with Crippen molar-refractivity contribution in [2.45, 2.75) is 76.1 Å². The molecule has 5 heterocycles. The molecule has 4 aliphatic heterocycles. The number of carbonyl (C=O) groups is 1. The number of piperazine rings is 1. The van der Waals surface area contributed by atoms with Crippen LogP contribution in [0.1, 0.15) is 52.9 Å². The number of halogens is 3. The van der Waals surface area contributed by atoms with Crippen molar-refractivity contribution in [2.24, 2.45) is 0 Å². The second kappa shape index (κ2) is 9.73. The van der Waals surface area contributed by atoms with Crippen LogP contribution < -0.4 is 9.64 Å². The molecule has 0 saturated carbocycles. The maximum atomic E-state index is 15.5. The van der Waals surface area contributed by atoms with Gasteiger partial charge in [0.1, 0.15) is 23.5 Å². The van der Waals surface area contributed by atoms with Crippen LogP contribution in [-0.4, -0.2) is 81.9 Å². The summed E-state index contributed by atoms with van der Waals surface area (Å²) in [4.78, 5) is 28.7. The lowest BCUT2D eigenvalue weighted by molar-refractivity contribution is 0.0122. The van der Waals surface area contributed by atoms with Crippen molar-refractivity contribution >= 4 is 50.3 Å². The summed E-state index contributed by atoms with van der Waals surface area (Å²) in [7, 11) is 0. The molecule has 1 amide bonds. The number of anilines is 1. The topological polar surface area (TPSA) is 71.0 Å². The third-order valence-corrected chi connectivity index (χ3v) is 9.68. The molecular formula is C28H34BrClFN5O3. The number of rotatable bonds is 4. The zero-order valence-corrected chi connectivity index (χ0v) is 24.9. The second-order valence-corrected chi connectivity index (χ2v) is 13.6. The van der Waals surface area contributed by atoms with E-state index in [0.29, 0.717) is 30.9 Å². The predicted molar refractivity (Wildman–Crippen MR) is 152 cm³/mol. The number of aromatic nitrogens is 2. The lowest BCUT2D eigenvalue weighted by Crippen LogP contribution is -2.57. The quantitative estimate of drug-likeness (QED) is 0.309. The number of amides is 1. The van der Waals surface area contributed by atoms with Crippen molar-refractivity contribution in [3.05, 3.63) is 33.5 Å². The van der Waals surface area contributed by atoms with Crippen LogP contribution >= 0.6 is 27.5 Å². The SMILES string of the molecule is C=C1CN2CCCC2(COc2nc(N3C[C@H]4CC[C@@H](C3)N4C(=O)OC(C)(C)C)c3cc(Cl)c(Br)c(F)c3n2)C1. The molecule has 8 nitrogen and oxygen atoms in total.